The zero-order chi connectivity index (χ0) is 17.9. The van der Waals surface area contributed by atoms with Gasteiger partial charge in [-0.25, -0.2) is 0 Å². The molecule has 0 aliphatic carbocycles. The molecule has 1 aliphatic heterocycles. The normalized spacial score (nSPS) is 19.2. The van der Waals surface area contributed by atoms with Gasteiger partial charge in [-0.2, -0.15) is 0 Å². The van der Waals surface area contributed by atoms with Crippen LogP contribution in [0.15, 0.2) is 22.0 Å². The van der Waals surface area contributed by atoms with Gasteiger partial charge in [0, 0.05) is 14.1 Å². The van der Waals surface area contributed by atoms with Crippen molar-refractivity contribution in [3.63, 3.8) is 0 Å². The topological polar surface area (TPSA) is 51.1 Å². The molecule has 0 unspecified atom stereocenters. The third-order valence-electron chi connectivity index (χ3n) is 3.64. The SMILES string of the molecule is CC[C@H](C)Oc1c(Cl)cc(/C=C2/SC(=NC)N(C)C2=O)cc1OC. The molecule has 0 saturated carbocycles. The Balaban J connectivity index is 2.38. The van der Waals surface area contributed by atoms with E-state index in [1.165, 1.54) is 16.7 Å². The summed E-state index contributed by atoms with van der Waals surface area (Å²) >= 11 is 7.69. The Morgan fingerprint density at radius 3 is 2.71 bits per heavy atom. The summed E-state index contributed by atoms with van der Waals surface area (Å²) in [6.07, 6.45) is 2.68. The van der Waals surface area contributed by atoms with Crippen molar-refractivity contribution in [1.29, 1.82) is 0 Å². The largest absolute Gasteiger partial charge is 0.493 e. The molecule has 2 rings (SSSR count). The van der Waals surface area contributed by atoms with Crippen LogP contribution in [0.2, 0.25) is 5.02 Å². The summed E-state index contributed by atoms with van der Waals surface area (Å²) < 4.78 is 11.2. The number of hydrogen-bond donors (Lipinski definition) is 0. The quantitative estimate of drug-likeness (QED) is 0.735. The van der Waals surface area contributed by atoms with Crippen LogP contribution >= 0.6 is 23.4 Å². The number of carbonyl (C=O) groups excluding carboxylic acids is 1. The number of likely N-dealkylation sites (N-methyl/N-ethyl adjacent to an activating group) is 1. The molecule has 7 heteroatoms. The highest BCUT2D eigenvalue weighted by Gasteiger charge is 2.29. The van der Waals surface area contributed by atoms with Crippen molar-refractivity contribution in [2.45, 2.75) is 26.4 Å². The summed E-state index contributed by atoms with van der Waals surface area (Å²) in [5, 5.41) is 1.12. The predicted molar refractivity (Wildman–Crippen MR) is 100 cm³/mol. The van der Waals surface area contributed by atoms with E-state index in [4.69, 9.17) is 21.1 Å². The summed E-state index contributed by atoms with van der Waals surface area (Å²) in [7, 11) is 4.93. The molecule has 0 N–H and O–H groups in total. The van der Waals surface area contributed by atoms with Crippen molar-refractivity contribution in [2.75, 3.05) is 21.2 Å². The molecule has 1 fully saturated rings. The van der Waals surface area contributed by atoms with Crippen LogP contribution in [0.5, 0.6) is 11.5 Å². The molecule has 1 aromatic carbocycles. The zero-order valence-electron chi connectivity index (χ0n) is 14.4. The molecule has 0 aromatic heterocycles. The fraction of sp³-hybridized carbons (Fsp3) is 0.412. The Morgan fingerprint density at radius 1 is 1.46 bits per heavy atom. The van der Waals surface area contributed by atoms with E-state index in [9.17, 15) is 4.79 Å². The average molecular weight is 369 g/mol. The number of benzene rings is 1. The van der Waals surface area contributed by atoms with Crippen LogP contribution in [-0.2, 0) is 4.79 Å². The predicted octanol–water partition coefficient (Wildman–Crippen LogP) is 4.06. The van der Waals surface area contributed by atoms with Gasteiger partial charge < -0.3 is 9.47 Å². The van der Waals surface area contributed by atoms with E-state index in [1.807, 2.05) is 19.9 Å². The van der Waals surface area contributed by atoms with E-state index >= 15 is 0 Å². The maximum atomic E-state index is 12.2. The van der Waals surface area contributed by atoms with Crippen LogP contribution in [0.25, 0.3) is 6.08 Å². The van der Waals surface area contributed by atoms with Gasteiger partial charge in [0.2, 0.25) is 0 Å². The van der Waals surface area contributed by atoms with E-state index in [-0.39, 0.29) is 12.0 Å². The molecule has 130 valence electrons. The van der Waals surface area contributed by atoms with Gasteiger partial charge in [-0.05, 0) is 48.9 Å². The fourth-order valence-corrected chi connectivity index (χ4v) is 3.31. The number of ether oxygens (including phenoxy) is 2. The van der Waals surface area contributed by atoms with Crippen molar-refractivity contribution in [3.05, 3.63) is 27.6 Å². The summed E-state index contributed by atoms with van der Waals surface area (Å²) in [5.74, 6) is 0.979. The summed E-state index contributed by atoms with van der Waals surface area (Å²) in [4.78, 5) is 18.4. The van der Waals surface area contributed by atoms with Crippen LogP contribution in [0.3, 0.4) is 0 Å². The fourth-order valence-electron chi connectivity index (χ4n) is 2.12. The first kappa shape index (κ1) is 18.7. The maximum Gasteiger partial charge on any atom is 0.266 e. The molecule has 24 heavy (non-hydrogen) atoms. The van der Waals surface area contributed by atoms with Gasteiger partial charge in [0.25, 0.3) is 5.91 Å². The average Bonchev–Trinajstić information content (AvgIpc) is 2.84. The highest BCUT2D eigenvalue weighted by Crippen LogP contribution is 2.39. The number of aliphatic imine (C=N–C) groups is 1. The number of methoxy groups -OCH3 is 1. The molecule has 0 bridgehead atoms. The molecule has 5 nitrogen and oxygen atoms in total. The monoisotopic (exact) mass is 368 g/mol. The third kappa shape index (κ3) is 3.87. The summed E-state index contributed by atoms with van der Waals surface area (Å²) in [5.41, 5.74) is 0.773. The Labute approximate surface area is 151 Å². The van der Waals surface area contributed by atoms with Crippen LogP contribution in [0.4, 0.5) is 0 Å². The van der Waals surface area contributed by atoms with Gasteiger partial charge >= 0.3 is 0 Å². The Bertz CT molecular complexity index is 703. The van der Waals surface area contributed by atoms with E-state index in [2.05, 4.69) is 4.99 Å². The number of halogens is 1. The number of thioether (sulfide) groups is 1. The number of carbonyl (C=O) groups is 1. The number of amidine groups is 1. The lowest BCUT2D eigenvalue weighted by Gasteiger charge is -2.17. The standard InChI is InChI=1S/C17H21ClN2O3S/c1-6-10(2)23-15-12(18)7-11(8-13(15)22-5)9-14-16(21)20(4)17(19-3)24-14/h7-10H,6H2,1-5H3/b14-9+,19-17?/t10-/m0/s1. The van der Waals surface area contributed by atoms with Gasteiger partial charge in [0.15, 0.2) is 16.7 Å². The summed E-state index contributed by atoms with van der Waals surface area (Å²) in [6, 6.07) is 3.58. The van der Waals surface area contributed by atoms with Crippen molar-refractivity contribution >= 4 is 40.5 Å². The van der Waals surface area contributed by atoms with E-state index in [0.717, 1.165) is 12.0 Å². The zero-order valence-corrected chi connectivity index (χ0v) is 16.0. The van der Waals surface area contributed by atoms with Gasteiger partial charge in [-0.3, -0.25) is 14.7 Å². The first-order valence-corrected chi connectivity index (χ1v) is 8.79. The van der Waals surface area contributed by atoms with Crippen molar-refractivity contribution in [1.82, 2.24) is 4.90 Å². The van der Waals surface area contributed by atoms with Crippen LogP contribution in [0, 0.1) is 0 Å². The Morgan fingerprint density at radius 2 is 2.17 bits per heavy atom. The van der Waals surface area contributed by atoms with Crippen molar-refractivity contribution in [2.24, 2.45) is 4.99 Å². The van der Waals surface area contributed by atoms with Gasteiger partial charge in [-0.1, -0.05) is 18.5 Å². The van der Waals surface area contributed by atoms with E-state index in [0.29, 0.717) is 26.6 Å². The van der Waals surface area contributed by atoms with Gasteiger partial charge in [-0.15, -0.1) is 0 Å². The summed E-state index contributed by atoms with van der Waals surface area (Å²) in [6.45, 7) is 4.01. The smallest absolute Gasteiger partial charge is 0.266 e. The number of hydrogen-bond acceptors (Lipinski definition) is 5. The number of amides is 1. The lowest BCUT2D eigenvalue weighted by Crippen LogP contribution is -2.23. The minimum absolute atomic E-state index is 0.0320. The minimum Gasteiger partial charge on any atom is -0.493 e. The third-order valence-corrected chi connectivity index (χ3v) is 5.07. The minimum atomic E-state index is -0.0874. The van der Waals surface area contributed by atoms with E-state index in [1.54, 1.807) is 33.3 Å². The number of rotatable bonds is 5. The highest BCUT2D eigenvalue weighted by atomic mass is 35.5. The van der Waals surface area contributed by atoms with E-state index < -0.39 is 0 Å². The molecule has 1 aromatic rings. The Hall–Kier alpha value is -1.66. The molecule has 0 radical (unpaired) electrons. The first-order chi connectivity index (χ1) is 11.4. The molecule has 1 atom stereocenters. The molecule has 1 heterocycles. The first-order valence-electron chi connectivity index (χ1n) is 7.59. The lowest BCUT2D eigenvalue weighted by atomic mass is 10.1. The molecule has 1 aliphatic rings. The molecule has 1 saturated heterocycles. The molecule has 1 amide bonds. The van der Waals surface area contributed by atoms with Crippen molar-refractivity contribution in [3.8, 4) is 11.5 Å². The second-order valence-corrected chi connectivity index (χ2v) is 6.77. The molecular weight excluding hydrogens is 348 g/mol. The van der Waals surface area contributed by atoms with Gasteiger partial charge in [0.05, 0.1) is 23.1 Å². The lowest BCUT2D eigenvalue weighted by molar-refractivity contribution is -0.121. The maximum absolute atomic E-state index is 12.2. The number of nitrogens with zero attached hydrogens (tertiary/aromatic N) is 2. The van der Waals surface area contributed by atoms with Crippen molar-refractivity contribution < 1.29 is 14.3 Å². The van der Waals surface area contributed by atoms with Crippen LogP contribution < -0.4 is 9.47 Å². The molecular formula is C17H21ClN2O3S. The molecule has 0 spiro atoms. The van der Waals surface area contributed by atoms with Crippen LogP contribution in [0.1, 0.15) is 25.8 Å². The Kier molecular flexibility index (Phi) is 6.18. The second-order valence-electron chi connectivity index (χ2n) is 5.35. The highest BCUT2D eigenvalue weighted by molar-refractivity contribution is 8.18. The van der Waals surface area contributed by atoms with Crippen LogP contribution in [-0.4, -0.2) is 43.3 Å². The second kappa shape index (κ2) is 7.94. The van der Waals surface area contributed by atoms with Gasteiger partial charge in [0.1, 0.15) is 0 Å².